The lowest BCUT2D eigenvalue weighted by Crippen LogP contribution is -2.49. The molecule has 0 radical (unpaired) electrons. The van der Waals surface area contributed by atoms with Gasteiger partial charge in [-0.2, -0.15) is 0 Å². The first-order valence-electron chi connectivity index (χ1n) is 8.74. The molecule has 3 atom stereocenters. The highest BCUT2D eigenvalue weighted by molar-refractivity contribution is 5.41. The van der Waals surface area contributed by atoms with E-state index in [1.165, 1.54) is 6.42 Å². The van der Waals surface area contributed by atoms with Crippen molar-refractivity contribution in [1.29, 1.82) is 0 Å². The molecule has 2 nitrogen and oxygen atoms in total. The van der Waals surface area contributed by atoms with Crippen LogP contribution in [0.4, 0.5) is 0 Å². The molecule has 122 valence electrons. The van der Waals surface area contributed by atoms with Gasteiger partial charge in [0.05, 0.1) is 6.10 Å². The van der Waals surface area contributed by atoms with Gasteiger partial charge >= 0.3 is 0 Å². The van der Waals surface area contributed by atoms with Gasteiger partial charge in [-0.25, -0.2) is 0 Å². The van der Waals surface area contributed by atoms with Gasteiger partial charge in [0.1, 0.15) is 5.60 Å². The minimum absolute atomic E-state index is 0.157. The van der Waals surface area contributed by atoms with Crippen molar-refractivity contribution in [2.45, 2.75) is 49.4 Å². The van der Waals surface area contributed by atoms with Crippen LogP contribution in [0.25, 0.3) is 0 Å². The minimum atomic E-state index is -1.14. The summed E-state index contributed by atoms with van der Waals surface area (Å²) >= 11 is 0. The van der Waals surface area contributed by atoms with E-state index in [9.17, 15) is 5.11 Å². The highest BCUT2D eigenvalue weighted by Gasteiger charge is 2.68. The summed E-state index contributed by atoms with van der Waals surface area (Å²) in [6.45, 7) is 0. The first kappa shape index (κ1) is 15.4. The Balaban J connectivity index is 1.69. The topological polar surface area (TPSA) is 32.8 Å². The predicted octanol–water partition coefficient (Wildman–Crippen LogP) is 3.72. The second-order valence-corrected chi connectivity index (χ2v) is 6.88. The van der Waals surface area contributed by atoms with Crippen LogP contribution in [-0.4, -0.2) is 22.4 Å². The molecule has 0 spiro atoms. The van der Waals surface area contributed by atoms with Crippen molar-refractivity contribution in [2.24, 2.45) is 0 Å². The number of ether oxygens (including phenoxy) is 1. The summed E-state index contributed by atoms with van der Waals surface area (Å²) in [6.07, 6.45) is 4.87. The average molecular weight is 318 g/mol. The zero-order chi connectivity index (χ0) is 16.5. The van der Waals surface area contributed by atoms with Gasteiger partial charge in [-0.15, -0.1) is 0 Å². The van der Waals surface area contributed by atoms with E-state index in [1.807, 2.05) is 60.7 Å². The number of benzene rings is 2. The molecule has 2 fully saturated rings. The number of hydrogen-bond acceptors (Lipinski definition) is 2. The number of hydrogen-bond donors (Lipinski definition) is 1. The van der Waals surface area contributed by atoms with Crippen molar-refractivity contribution in [2.75, 3.05) is 0 Å². The van der Waals surface area contributed by atoms with Gasteiger partial charge < -0.3 is 9.84 Å². The number of fused-ring (bicyclic) bond motifs is 1. The van der Waals surface area contributed by atoms with E-state index in [4.69, 9.17) is 4.74 Å². The highest BCUT2D eigenvalue weighted by Crippen LogP contribution is 2.55. The Hall–Kier alpha value is -2.08. The number of rotatable bonds is 3. The third kappa shape index (κ3) is 2.75. The van der Waals surface area contributed by atoms with Crippen LogP contribution in [0, 0.1) is 11.8 Å². The molecule has 0 aromatic heterocycles. The molecule has 1 saturated heterocycles. The van der Waals surface area contributed by atoms with Crippen LogP contribution >= 0.6 is 0 Å². The Bertz CT molecular complexity index is 759. The third-order valence-electron chi connectivity index (χ3n) is 5.27. The molecule has 2 aliphatic rings. The lowest BCUT2D eigenvalue weighted by atomic mass is 9.73. The van der Waals surface area contributed by atoms with Crippen LogP contribution in [0.3, 0.4) is 0 Å². The van der Waals surface area contributed by atoms with Gasteiger partial charge in [0.2, 0.25) is 0 Å². The first-order valence-corrected chi connectivity index (χ1v) is 8.74. The Labute approximate surface area is 143 Å². The molecule has 0 amide bonds. The van der Waals surface area contributed by atoms with Crippen molar-refractivity contribution in [3.63, 3.8) is 0 Å². The van der Waals surface area contributed by atoms with Crippen LogP contribution in [0.1, 0.15) is 36.8 Å². The fourth-order valence-electron chi connectivity index (χ4n) is 3.91. The molecule has 1 N–H and O–H groups in total. The molecule has 4 rings (SSSR count). The fraction of sp³-hybridized carbons (Fsp3) is 0.364. The Morgan fingerprint density at radius 2 is 1.75 bits per heavy atom. The molecule has 1 heterocycles. The van der Waals surface area contributed by atoms with E-state index in [0.29, 0.717) is 6.42 Å². The van der Waals surface area contributed by atoms with Crippen LogP contribution in [0.5, 0.6) is 0 Å². The molecule has 2 aromatic carbocycles. The summed E-state index contributed by atoms with van der Waals surface area (Å²) in [5.74, 6) is 6.37. The smallest absolute Gasteiger partial charge is 0.161 e. The Morgan fingerprint density at radius 3 is 2.46 bits per heavy atom. The SMILES string of the molecule is OC(C#Cc1ccccc1)(Cc1ccccc1)C12CCCCC1O2. The standard InChI is InChI=1S/C22H22O2/c23-21(17-19-11-5-2-6-12-19,16-14-18-9-3-1-4-10-18)22-15-8-7-13-20(22)24-22/h1-6,9-12,20,23H,7-8,13,15,17H2. The van der Waals surface area contributed by atoms with Gasteiger partial charge in [0.15, 0.2) is 5.60 Å². The van der Waals surface area contributed by atoms with E-state index in [0.717, 1.165) is 30.4 Å². The summed E-state index contributed by atoms with van der Waals surface area (Å²) in [5.41, 5.74) is 0.392. The lowest BCUT2D eigenvalue weighted by molar-refractivity contribution is 0.00644. The Kier molecular flexibility index (Phi) is 3.92. The second-order valence-electron chi connectivity index (χ2n) is 6.88. The number of aliphatic hydroxyl groups is 1. The molecular formula is C22H22O2. The molecule has 1 saturated carbocycles. The zero-order valence-electron chi connectivity index (χ0n) is 13.7. The highest BCUT2D eigenvalue weighted by atomic mass is 16.6. The molecule has 3 unspecified atom stereocenters. The maximum Gasteiger partial charge on any atom is 0.161 e. The van der Waals surface area contributed by atoms with E-state index in [1.54, 1.807) is 0 Å². The van der Waals surface area contributed by atoms with Crippen LogP contribution in [0.2, 0.25) is 0 Å². The minimum Gasteiger partial charge on any atom is -0.374 e. The van der Waals surface area contributed by atoms with Gasteiger partial charge in [-0.3, -0.25) is 0 Å². The van der Waals surface area contributed by atoms with Crippen molar-refractivity contribution in [3.05, 3.63) is 71.8 Å². The van der Waals surface area contributed by atoms with Crippen molar-refractivity contribution in [1.82, 2.24) is 0 Å². The Morgan fingerprint density at radius 1 is 1.04 bits per heavy atom. The van der Waals surface area contributed by atoms with Crippen LogP contribution < -0.4 is 0 Å². The number of epoxide rings is 1. The average Bonchev–Trinajstić information content (AvgIpc) is 3.38. The monoisotopic (exact) mass is 318 g/mol. The molecule has 0 bridgehead atoms. The maximum atomic E-state index is 11.6. The molecule has 1 aliphatic heterocycles. The molecule has 1 aliphatic carbocycles. The van der Waals surface area contributed by atoms with E-state index >= 15 is 0 Å². The first-order chi connectivity index (χ1) is 11.7. The largest absolute Gasteiger partial charge is 0.374 e. The normalized spacial score (nSPS) is 27.3. The molecule has 2 aromatic rings. The predicted molar refractivity (Wildman–Crippen MR) is 94.5 cm³/mol. The maximum absolute atomic E-state index is 11.6. The van der Waals surface area contributed by atoms with Crippen molar-refractivity contribution < 1.29 is 9.84 Å². The van der Waals surface area contributed by atoms with Gasteiger partial charge in [0, 0.05) is 12.0 Å². The van der Waals surface area contributed by atoms with Gasteiger partial charge in [-0.05, 0) is 30.5 Å². The second kappa shape index (κ2) is 6.09. The van der Waals surface area contributed by atoms with Gasteiger partial charge in [0.25, 0.3) is 0 Å². The van der Waals surface area contributed by atoms with Crippen molar-refractivity contribution >= 4 is 0 Å². The summed E-state index contributed by atoms with van der Waals surface area (Å²) in [6, 6.07) is 20.0. The lowest BCUT2D eigenvalue weighted by Gasteiger charge is -2.32. The summed E-state index contributed by atoms with van der Waals surface area (Å²) < 4.78 is 6.04. The molecular weight excluding hydrogens is 296 g/mol. The van der Waals surface area contributed by atoms with E-state index < -0.39 is 11.2 Å². The molecule has 2 heteroatoms. The van der Waals surface area contributed by atoms with Crippen LogP contribution in [0.15, 0.2) is 60.7 Å². The van der Waals surface area contributed by atoms with Crippen LogP contribution in [-0.2, 0) is 11.2 Å². The van der Waals surface area contributed by atoms with E-state index in [2.05, 4.69) is 11.8 Å². The summed E-state index contributed by atoms with van der Waals surface area (Å²) in [4.78, 5) is 0. The van der Waals surface area contributed by atoms with E-state index in [-0.39, 0.29) is 6.10 Å². The quantitative estimate of drug-likeness (QED) is 0.691. The molecule has 24 heavy (non-hydrogen) atoms. The summed E-state index contributed by atoms with van der Waals surface area (Å²) in [5, 5.41) is 11.6. The van der Waals surface area contributed by atoms with Crippen molar-refractivity contribution in [3.8, 4) is 11.8 Å². The fourth-order valence-corrected chi connectivity index (χ4v) is 3.91. The zero-order valence-corrected chi connectivity index (χ0v) is 13.7. The van der Waals surface area contributed by atoms with Gasteiger partial charge in [-0.1, -0.05) is 73.2 Å². The summed E-state index contributed by atoms with van der Waals surface area (Å²) in [7, 11) is 0. The third-order valence-corrected chi connectivity index (χ3v) is 5.27.